The molecule has 1 fully saturated rings. The van der Waals surface area contributed by atoms with Crippen LogP contribution in [0.1, 0.15) is 18.1 Å². The predicted octanol–water partition coefficient (Wildman–Crippen LogP) is 2.42. The highest BCUT2D eigenvalue weighted by molar-refractivity contribution is 7.94. The van der Waals surface area contributed by atoms with Gasteiger partial charge in [0.25, 0.3) is 10.0 Å². The number of carbonyl (C=O) groups excluding carboxylic acids is 1. The fourth-order valence-corrected chi connectivity index (χ4v) is 5.86. The Morgan fingerprint density at radius 1 is 1.07 bits per heavy atom. The summed E-state index contributed by atoms with van der Waals surface area (Å²) in [6, 6.07) is 10.5. The number of nitrogens with zero attached hydrogens (tertiary/aromatic N) is 1. The fourth-order valence-electron chi connectivity index (χ4n) is 2.91. The largest absolute Gasteiger partial charge is 0.279 e. The Kier molecular flexibility index (Phi) is 4.77. The van der Waals surface area contributed by atoms with E-state index in [1.165, 1.54) is 24.3 Å². The molecule has 2 aromatic rings. The smallest absolute Gasteiger partial charge is 0.261 e. The van der Waals surface area contributed by atoms with Crippen LogP contribution in [0.25, 0.3) is 0 Å². The lowest BCUT2D eigenvalue weighted by Crippen LogP contribution is -2.30. The predicted molar refractivity (Wildman–Crippen MR) is 104 cm³/mol. The van der Waals surface area contributed by atoms with Crippen molar-refractivity contribution in [1.29, 1.82) is 0 Å². The molecule has 1 aliphatic rings. The summed E-state index contributed by atoms with van der Waals surface area (Å²) in [4.78, 5) is 12.1. The van der Waals surface area contributed by atoms with Gasteiger partial charge >= 0.3 is 0 Å². The number of hydrogen-bond donors (Lipinski definition) is 1. The molecule has 1 amide bonds. The summed E-state index contributed by atoms with van der Waals surface area (Å²) in [6.07, 6.45) is 0. The molecule has 1 unspecified atom stereocenters. The monoisotopic (exact) mass is 408 g/mol. The zero-order valence-electron chi connectivity index (χ0n) is 15.1. The maximum Gasteiger partial charge on any atom is 0.261 e. The van der Waals surface area contributed by atoms with Crippen LogP contribution in [0.5, 0.6) is 0 Å². The van der Waals surface area contributed by atoms with E-state index in [4.69, 9.17) is 0 Å². The summed E-state index contributed by atoms with van der Waals surface area (Å²) in [5.41, 5.74) is 2.39. The van der Waals surface area contributed by atoms with Crippen molar-refractivity contribution in [3.8, 4) is 0 Å². The van der Waals surface area contributed by atoms with E-state index in [1.54, 1.807) is 19.1 Å². The molecule has 0 aliphatic carbocycles. The van der Waals surface area contributed by atoms with E-state index in [0.29, 0.717) is 5.69 Å². The van der Waals surface area contributed by atoms with Crippen LogP contribution in [0, 0.1) is 19.8 Å². The number of nitrogens with one attached hydrogen (secondary N) is 1. The zero-order valence-corrected chi connectivity index (χ0v) is 16.8. The van der Waals surface area contributed by atoms with Crippen LogP contribution in [0.4, 0.5) is 11.4 Å². The minimum atomic E-state index is -3.85. The van der Waals surface area contributed by atoms with E-state index >= 15 is 0 Å². The van der Waals surface area contributed by atoms with Crippen molar-refractivity contribution in [3.63, 3.8) is 0 Å². The van der Waals surface area contributed by atoms with E-state index in [0.717, 1.165) is 15.4 Å². The van der Waals surface area contributed by atoms with Crippen molar-refractivity contribution in [3.05, 3.63) is 53.6 Å². The summed E-state index contributed by atoms with van der Waals surface area (Å²) in [6.45, 7) is 5.25. The summed E-state index contributed by atoms with van der Waals surface area (Å²) in [7, 11) is -7.58. The first-order valence-corrected chi connectivity index (χ1v) is 11.4. The first kappa shape index (κ1) is 19.4. The van der Waals surface area contributed by atoms with Crippen LogP contribution in [-0.2, 0) is 24.8 Å². The molecule has 1 heterocycles. The van der Waals surface area contributed by atoms with Gasteiger partial charge in [0, 0.05) is 0 Å². The second-order valence-electron chi connectivity index (χ2n) is 6.63. The van der Waals surface area contributed by atoms with E-state index in [9.17, 15) is 21.6 Å². The maximum absolute atomic E-state index is 12.6. The standard InChI is InChI=1S/C18H20N2O5S2/c1-12-5-4-6-17(14(12)3)19-27(24,25)16-9-7-15(8-10-16)20-18(21)13(2)11-26(20,22)23/h4-10,13,19H,11H2,1-3H3. The number of aryl methyl sites for hydroxylation is 1. The molecule has 0 radical (unpaired) electrons. The number of sulfonamides is 2. The van der Waals surface area contributed by atoms with E-state index in [-0.39, 0.29) is 16.3 Å². The molecule has 3 rings (SSSR count). The average Bonchev–Trinajstić information content (AvgIpc) is 2.79. The molecular formula is C18H20N2O5S2. The first-order valence-electron chi connectivity index (χ1n) is 8.29. The molecule has 27 heavy (non-hydrogen) atoms. The summed E-state index contributed by atoms with van der Waals surface area (Å²) in [5, 5.41) is 0. The van der Waals surface area contributed by atoms with Gasteiger partial charge in [-0.2, -0.15) is 0 Å². The molecule has 1 aliphatic heterocycles. The molecule has 144 valence electrons. The Morgan fingerprint density at radius 3 is 2.26 bits per heavy atom. The summed E-state index contributed by atoms with van der Waals surface area (Å²) in [5.74, 6) is -1.39. The third-order valence-corrected chi connectivity index (χ3v) is 7.84. The van der Waals surface area contributed by atoms with Gasteiger partial charge in [-0.05, 0) is 55.3 Å². The van der Waals surface area contributed by atoms with Crippen LogP contribution in [-0.4, -0.2) is 28.5 Å². The van der Waals surface area contributed by atoms with E-state index in [2.05, 4.69) is 4.72 Å². The Bertz CT molecular complexity index is 1110. The Labute approximate surface area is 159 Å². The highest BCUT2D eigenvalue weighted by Gasteiger charge is 2.41. The quantitative estimate of drug-likeness (QED) is 0.837. The molecule has 1 N–H and O–H groups in total. The molecule has 0 bridgehead atoms. The van der Waals surface area contributed by atoms with Crippen molar-refractivity contribution in [2.75, 3.05) is 14.8 Å². The fraction of sp³-hybridized carbons (Fsp3) is 0.278. The van der Waals surface area contributed by atoms with Gasteiger partial charge in [0.15, 0.2) is 0 Å². The van der Waals surface area contributed by atoms with Gasteiger partial charge in [-0.15, -0.1) is 0 Å². The molecule has 1 atom stereocenters. The van der Waals surface area contributed by atoms with Crippen LogP contribution < -0.4 is 9.03 Å². The Morgan fingerprint density at radius 2 is 1.70 bits per heavy atom. The maximum atomic E-state index is 12.6. The number of amides is 1. The van der Waals surface area contributed by atoms with Crippen LogP contribution in [0.3, 0.4) is 0 Å². The first-order chi connectivity index (χ1) is 12.5. The van der Waals surface area contributed by atoms with Gasteiger partial charge in [0.05, 0.1) is 27.9 Å². The van der Waals surface area contributed by atoms with Crippen molar-refractivity contribution in [2.45, 2.75) is 25.7 Å². The van der Waals surface area contributed by atoms with Gasteiger partial charge in [0.1, 0.15) is 0 Å². The lowest BCUT2D eigenvalue weighted by Gasteiger charge is -2.16. The molecule has 0 saturated carbocycles. The molecule has 0 spiro atoms. The summed E-state index contributed by atoms with van der Waals surface area (Å²) >= 11 is 0. The molecule has 0 aromatic heterocycles. The van der Waals surface area contributed by atoms with Crippen LogP contribution in [0.2, 0.25) is 0 Å². The molecule has 2 aromatic carbocycles. The van der Waals surface area contributed by atoms with Gasteiger partial charge in [-0.1, -0.05) is 19.1 Å². The molecule has 9 heteroatoms. The lowest BCUT2D eigenvalue weighted by atomic mass is 10.1. The SMILES string of the molecule is Cc1cccc(NS(=O)(=O)c2ccc(N3C(=O)C(C)CS3(=O)=O)cc2)c1C. The van der Waals surface area contributed by atoms with Crippen LogP contribution in [0.15, 0.2) is 47.4 Å². The molecular weight excluding hydrogens is 388 g/mol. The summed E-state index contributed by atoms with van der Waals surface area (Å²) < 4.78 is 52.8. The number of benzene rings is 2. The Hall–Kier alpha value is -2.39. The normalized spacial score (nSPS) is 19.3. The van der Waals surface area contributed by atoms with Crippen molar-refractivity contribution in [2.24, 2.45) is 5.92 Å². The number of rotatable bonds is 4. The van der Waals surface area contributed by atoms with Crippen molar-refractivity contribution < 1.29 is 21.6 Å². The molecule has 1 saturated heterocycles. The lowest BCUT2D eigenvalue weighted by molar-refractivity contribution is -0.119. The van der Waals surface area contributed by atoms with Crippen molar-refractivity contribution >= 4 is 37.3 Å². The third kappa shape index (κ3) is 3.57. The minimum absolute atomic E-state index is 0.0238. The second-order valence-corrected chi connectivity index (χ2v) is 10.2. The van der Waals surface area contributed by atoms with Gasteiger partial charge in [-0.3, -0.25) is 9.52 Å². The second kappa shape index (κ2) is 6.65. The highest BCUT2D eigenvalue weighted by Crippen LogP contribution is 2.29. The number of hydrogen-bond acceptors (Lipinski definition) is 5. The van der Waals surface area contributed by atoms with E-state index in [1.807, 2.05) is 19.9 Å². The third-order valence-electron chi connectivity index (χ3n) is 4.59. The molecule has 7 nitrogen and oxygen atoms in total. The van der Waals surface area contributed by atoms with Gasteiger partial charge in [0.2, 0.25) is 15.9 Å². The van der Waals surface area contributed by atoms with Crippen LogP contribution >= 0.6 is 0 Å². The van der Waals surface area contributed by atoms with Gasteiger partial charge < -0.3 is 0 Å². The van der Waals surface area contributed by atoms with E-state index < -0.39 is 31.9 Å². The van der Waals surface area contributed by atoms with Crippen molar-refractivity contribution in [1.82, 2.24) is 0 Å². The number of anilines is 2. The Balaban J connectivity index is 1.91. The van der Waals surface area contributed by atoms with Gasteiger partial charge in [-0.25, -0.2) is 21.1 Å². The topological polar surface area (TPSA) is 101 Å². The number of carbonyl (C=O) groups is 1. The minimum Gasteiger partial charge on any atom is -0.279 e. The zero-order chi connectivity index (χ0) is 20.0. The average molecular weight is 409 g/mol. The highest BCUT2D eigenvalue weighted by atomic mass is 32.2.